The number of hydrogen-bond acceptors (Lipinski definition) is 24. The number of fused-ring (bicyclic) bond motifs is 1. The first kappa shape index (κ1) is 50.0. The minimum atomic E-state index is -2.17. The molecule has 24 nitrogen and oxygen atoms in total. The summed E-state index contributed by atoms with van der Waals surface area (Å²) in [5, 5.41) is 128. The Balaban J connectivity index is 1.20. The van der Waals surface area contributed by atoms with Crippen LogP contribution in [0.25, 0.3) is 28.4 Å². The highest BCUT2D eigenvalue weighted by atomic mass is 16.8. The Morgan fingerprint density at radius 2 is 1.28 bits per heavy atom. The molecule has 0 aliphatic carbocycles. The second-order valence-corrected chi connectivity index (χ2v) is 16.0. The summed E-state index contributed by atoms with van der Waals surface area (Å²) >= 11 is 0. The van der Waals surface area contributed by atoms with Crippen molar-refractivity contribution in [2.24, 2.45) is 0 Å². The number of rotatable bonds is 14. The number of carbonyl (C=O) groups excluding carboxylic acids is 1. The number of phenols is 4. The number of aliphatic hydroxyl groups excluding tert-OH is 8. The highest BCUT2D eigenvalue weighted by molar-refractivity contribution is 5.88. The average Bonchev–Trinajstić information content (AvgIpc) is 3.31. The van der Waals surface area contributed by atoms with E-state index in [1.54, 1.807) is 0 Å². The summed E-state index contributed by atoms with van der Waals surface area (Å²) in [6.45, 7) is -0.130. The van der Waals surface area contributed by atoms with Crippen molar-refractivity contribution in [1.29, 1.82) is 0 Å². The van der Waals surface area contributed by atoms with E-state index in [9.17, 15) is 70.9 Å². The predicted octanol–water partition coefficient (Wildman–Crippen LogP) is -1.58. The quantitative estimate of drug-likeness (QED) is 0.0501. The molecule has 68 heavy (non-hydrogen) atoms. The largest absolute Gasteiger partial charge is 0.508 e. The van der Waals surface area contributed by atoms with Gasteiger partial charge in [0.05, 0.1) is 26.9 Å². The van der Waals surface area contributed by atoms with E-state index >= 15 is 0 Å². The molecule has 1 aromatic heterocycles. The number of aromatic hydroxyl groups is 4. The molecule has 24 heteroatoms. The van der Waals surface area contributed by atoms with Crippen LogP contribution >= 0.6 is 0 Å². The van der Waals surface area contributed by atoms with Crippen molar-refractivity contribution in [1.82, 2.24) is 0 Å². The van der Waals surface area contributed by atoms with Crippen molar-refractivity contribution < 1.29 is 113 Å². The van der Waals surface area contributed by atoms with Gasteiger partial charge in [-0.05, 0) is 48.9 Å². The minimum absolute atomic E-state index is 0.0123. The molecule has 3 fully saturated rings. The van der Waals surface area contributed by atoms with Gasteiger partial charge < -0.3 is 108 Å². The van der Waals surface area contributed by atoms with Crippen molar-refractivity contribution >= 4 is 23.0 Å². The lowest BCUT2D eigenvalue weighted by Gasteiger charge is -2.46. The molecule has 370 valence electrons. The molecule has 3 aromatic carbocycles. The SMILES string of the molecule is COc1cc(/C=C/C(=O)OC[C@H]2O[C@@H](O[C@H]3[C@H](Oc4c(-c5ccc(O)c(OC)c5)oc5cc(O)cc(O)c5c4=O)O[C@H](CO[C@@H]4O[C@@H](C)[C@H](O)[C@@H](O)[C@H]4O)[C@H](O)[C@@H]3O)[C@H](O)[C@@H](O)[C@@H]2O)ccc1O. The Morgan fingerprint density at radius 1 is 0.662 bits per heavy atom. The summed E-state index contributed by atoms with van der Waals surface area (Å²) in [5.41, 5.74) is -1.06. The molecule has 4 aromatic rings. The zero-order valence-electron chi connectivity index (χ0n) is 36.1. The third-order valence-corrected chi connectivity index (χ3v) is 11.4. The van der Waals surface area contributed by atoms with Crippen LogP contribution in [0.4, 0.5) is 0 Å². The molecule has 0 radical (unpaired) electrons. The Kier molecular flexibility index (Phi) is 15.3. The van der Waals surface area contributed by atoms with Gasteiger partial charge in [0.15, 0.2) is 47.4 Å². The molecular formula is C44H50O24. The number of carbonyl (C=O) groups is 1. The predicted molar refractivity (Wildman–Crippen MR) is 225 cm³/mol. The van der Waals surface area contributed by atoms with E-state index in [2.05, 4.69) is 0 Å². The number of hydrogen-bond donors (Lipinski definition) is 12. The fraction of sp³-hybridized carbons (Fsp3) is 0.455. The molecule has 15 atom stereocenters. The van der Waals surface area contributed by atoms with Gasteiger partial charge in [0.1, 0.15) is 90.1 Å². The summed E-state index contributed by atoms with van der Waals surface area (Å²) in [4.78, 5) is 27.1. The first-order valence-electron chi connectivity index (χ1n) is 20.8. The fourth-order valence-corrected chi connectivity index (χ4v) is 7.62. The Bertz CT molecular complexity index is 2510. The Morgan fingerprint density at radius 3 is 1.99 bits per heavy atom. The van der Waals surface area contributed by atoms with Crippen LogP contribution in [-0.2, 0) is 33.2 Å². The van der Waals surface area contributed by atoms with Gasteiger partial charge in [-0.1, -0.05) is 6.07 Å². The van der Waals surface area contributed by atoms with Crippen LogP contribution in [0.3, 0.4) is 0 Å². The zero-order valence-corrected chi connectivity index (χ0v) is 36.1. The van der Waals surface area contributed by atoms with Gasteiger partial charge in [0.25, 0.3) is 0 Å². The van der Waals surface area contributed by atoms with E-state index in [0.29, 0.717) is 5.56 Å². The van der Waals surface area contributed by atoms with Gasteiger partial charge in [0, 0.05) is 23.8 Å². The van der Waals surface area contributed by atoms with Crippen molar-refractivity contribution in [3.8, 4) is 51.6 Å². The standard InChI is InChI=1S/C44H50O24/c1-16-30(50)34(54)37(57)42(63-16)62-15-27-32(52)36(56)41(68-43-38(58)35(55)31(51)26(65-43)14-61-28(49)9-5-17-4-7-20(46)23(10-17)59-2)44(66-27)67-40-33(53)29-22(48)12-19(45)13-25(29)64-39(40)18-6-8-21(47)24(11-18)60-3/h4-13,16,26-27,30-32,34-38,41-48,50-52,54-58H,14-15H2,1-3H3/b9-5+/t16-,26+,27+,30-,31+,32-,34+,35-,36-,37+,38+,41+,42+,43-,44-/m0/s1. The lowest BCUT2D eigenvalue weighted by molar-refractivity contribution is -0.362. The number of phenolic OH excluding ortho intramolecular Hbond substituents is 4. The first-order valence-corrected chi connectivity index (χ1v) is 20.8. The molecule has 0 unspecified atom stereocenters. The number of esters is 1. The number of aliphatic hydroxyl groups is 8. The smallest absolute Gasteiger partial charge is 0.330 e. The Labute approximate surface area is 384 Å². The number of benzene rings is 3. The molecule has 3 aliphatic rings. The van der Waals surface area contributed by atoms with Gasteiger partial charge in [-0.3, -0.25) is 4.79 Å². The molecule has 0 amide bonds. The van der Waals surface area contributed by atoms with Gasteiger partial charge in [-0.25, -0.2) is 4.79 Å². The highest BCUT2D eigenvalue weighted by Crippen LogP contribution is 2.41. The minimum Gasteiger partial charge on any atom is -0.508 e. The molecule has 12 N–H and O–H groups in total. The summed E-state index contributed by atoms with van der Waals surface area (Å²) in [7, 11) is 2.56. The second kappa shape index (κ2) is 20.8. The molecule has 0 bridgehead atoms. The number of methoxy groups -OCH3 is 2. The summed E-state index contributed by atoms with van der Waals surface area (Å²) < 4.78 is 56.5. The van der Waals surface area contributed by atoms with Gasteiger partial charge in [0.2, 0.25) is 17.5 Å². The van der Waals surface area contributed by atoms with Crippen molar-refractivity contribution in [2.75, 3.05) is 27.4 Å². The van der Waals surface area contributed by atoms with E-state index < -0.39 is 145 Å². The first-order chi connectivity index (χ1) is 32.3. The number of ether oxygens (including phenoxy) is 9. The van der Waals surface area contributed by atoms with Crippen LogP contribution in [0.15, 0.2) is 63.8 Å². The zero-order chi connectivity index (χ0) is 49.3. The topological polar surface area (TPSA) is 373 Å². The van der Waals surface area contributed by atoms with Crippen molar-refractivity contribution in [3.05, 3.63) is 70.4 Å². The van der Waals surface area contributed by atoms with Crippen LogP contribution in [0, 0.1) is 0 Å². The summed E-state index contributed by atoms with van der Waals surface area (Å²) in [6, 6.07) is 9.76. The van der Waals surface area contributed by atoms with E-state index in [-0.39, 0.29) is 34.1 Å². The third-order valence-electron chi connectivity index (χ3n) is 11.4. The van der Waals surface area contributed by atoms with Gasteiger partial charge >= 0.3 is 5.97 Å². The third kappa shape index (κ3) is 10.3. The fourth-order valence-electron chi connectivity index (χ4n) is 7.62. The van der Waals surface area contributed by atoms with Crippen molar-refractivity contribution in [2.45, 2.75) is 99.0 Å². The Hall–Kier alpha value is -5.84. The summed E-state index contributed by atoms with van der Waals surface area (Å²) in [5.74, 6) is -3.94. The lowest BCUT2D eigenvalue weighted by atomic mass is 9.97. The lowest BCUT2D eigenvalue weighted by Crippen LogP contribution is -2.65. The molecule has 3 aliphatic heterocycles. The van der Waals surface area contributed by atoms with E-state index in [0.717, 1.165) is 18.2 Å². The molecule has 0 spiro atoms. The van der Waals surface area contributed by atoms with E-state index in [4.69, 9.17) is 47.0 Å². The van der Waals surface area contributed by atoms with Crippen LogP contribution in [0.2, 0.25) is 0 Å². The van der Waals surface area contributed by atoms with E-state index in [1.165, 1.54) is 63.6 Å². The van der Waals surface area contributed by atoms with Gasteiger partial charge in [-0.2, -0.15) is 0 Å². The average molecular weight is 963 g/mol. The van der Waals surface area contributed by atoms with Crippen molar-refractivity contribution in [3.63, 3.8) is 0 Å². The maximum absolute atomic E-state index is 14.4. The van der Waals surface area contributed by atoms with Crippen LogP contribution in [0.5, 0.6) is 40.2 Å². The van der Waals surface area contributed by atoms with E-state index in [1.807, 2.05) is 0 Å². The molecular weight excluding hydrogens is 912 g/mol. The van der Waals surface area contributed by atoms with Crippen LogP contribution in [0.1, 0.15) is 12.5 Å². The van der Waals surface area contributed by atoms with Gasteiger partial charge in [-0.15, -0.1) is 0 Å². The normalized spacial score (nSPS) is 32.0. The molecule has 4 heterocycles. The monoisotopic (exact) mass is 962 g/mol. The maximum Gasteiger partial charge on any atom is 0.330 e. The second-order valence-electron chi connectivity index (χ2n) is 16.0. The van der Waals surface area contributed by atoms with Crippen LogP contribution in [-0.4, -0.2) is 187 Å². The molecule has 3 saturated heterocycles. The highest BCUT2D eigenvalue weighted by Gasteiger charge is 2.53. The molecule has 7 rings (SSSR count). The molecule has 0 saturated carbocycles. The van der Waals surface area contributed by atoms with Crippen LogP contribution < -0.4 is 19.6 Å². The summed E-state index contributed by atoms with van der Waals surface area (Å²) in [6.07, 6.45) is -25.2. The maximum atomic E-state index is 14.4.